The molecule has 0 saturated carbocycles. The lowest BCUT2D eigenvalue weighted by molar-refractivity contribution is -0.132. The van der Waals surface area contributed by atoms with Crippen LogP contribution in [0, 0.1) is 11.3 Å². The zero-order valence-electron chi connectivity index (χ0n) is 12.1. The predicted molar refractivity (Wildman–Crippen MR) is 80.3 cm³/mol. The van der Waals surface area contributed by atoms with Gasteiger partial charge in [0.25, 0.3) is 0 Å². The molecule has 0 spiro atoms. The van der Waals surface area contributed by atoms with E-state index in [0.29, 0.717) is 12.5 Å². The van der Waals surface area contributed by atoms with Gasteiger partial charge < -0.3 is 10.6 Å². The van der Waals surface area contributed by atoms with E-state index in [-0.39, 0.29) is 11.3 Å². The molecule has 0 aliphatic carbocycles. The third kappa shape index (κ3) is 3.00. The second kappa shape index (κ2) is 6.06. The second-order valence-electron chi connectivity index (χ2n) is 5.64. The zero-order chi connectivity index (χ0) is 13.9. The van der Waals surface area contributed by atoms with E-state index in [1.165, 1.54) is 9.75 Å². The summed E-state index contributed by atoms with van der Waals surface area (Å²) in [6.45, 7) is 8.87. The minimum absolute atomic E-state index is 0.207. The van der Waals surface area contributed by atoms with Crippen LogP contribution in [0.4, 0.5) is 0 Å². The molecule has 4 heteroatoms. The second-order valence-corrected chi connectivity index (χ2v) is 6.89. The predicted octanol–water partition coefficient (Wildman–Crippen LogP) is 2.56. The highest BCUT2D eigenvalue weighted by Gasteiger charge is 2.43. The van der Waals surface area contributed by atoms with E-state index in [1.54, 1.807) is 11.3 Å². The first-order valence-corrected chi connectivity index (χ1v) is 7.96. The molecule has 106 valence electrons. The highest BCUT2D eigenvalue weighted by atomic mass is 32.1. The number of amides is 1. The molecule has 1 unspecified atom stereocenters. The zero-order valence-corrected chi connectivity index (χ0v) is 12.9. The molecule has 19 heavy (non-hydrogen) atoms. The summed E-state index contributed by atoms with van der Waals surface area (Å²) in [7, 11) is 0. The Morgan fingerprint density at radius 2 is 2.21 bits per heavy atom. The normalized spacial score (nSPS) is 22.9. The van der Waals surface area contributed by atoms with Crippen molar-refractivity contribution >= 4 is 17.2 Å². The van der Waals surface area contributed by atoms with Gasteiger partial charge in [0.15, 0.2) is 0 Å². The van der Waals surface area contributed by atoms with Crippen LogP contribution in [0.3, 0.4) is 0 Å². The van der Waals surface area contributed by atoms with Gasteiger partial charge in [-0.15, -0.1) is 11.3 Å². The van der Waals surface area contributed by atoms with Crippen LogP contribution >= 0.6 is 11.3 Å². The van der Waals surface area contributed by atoms with Crippen molar-refractivity contribution in [3.05, 3.63) is 21.9 Å². The van der Waals surface area contributed by atoms with Crippen molar-refractivity contribution in [1.29, 1.82) is 0 Å². The molecule has 1 atom stereocenters. The first kappa shape index (κ1) is 14.5. The smallest absolute Gasteiger partial charge is 0.228 e. The Morgan fingerprint density at radius 3 is 2.74 bits per heavy atom. The summed E-state index contributed by atoms with van der Waals surface area (Å²) in [4.78, 5) is 15.1. The molecule has 0 bridgehead atoms. The van der Waals surface area contributed by atoms with Gasteiger partial charge in [-0.05, 0) is 37.4 Å². The highest BCUT2D eigenvalue weighted by molar-refractivity contribution is 7.11. The lowest BCUT2D eigenvalue weighted by atomic mass is 9.75. The molecule has 1 saturated heterocycles. The fourth-order valence-corrected chi connectivity index (χ4v) is 3.61. The SMILES string of the molecule is CCc1ccc(CNC(=O)C2(C(C)C)CCNC2)s1. The van der Waals surface area contributed by atoms with Crippen molar-refractivity contribution in [2.75, 3.05) is 13.1 Å². The third-order valence-electron chi connectivity index (χ3n) is 4.23. The van der Waals surface area contributed by atoms with Gasteiger partial charge in [-0.1, -0.05) is 20.8 Å². The maximum atomic E-state index is 12.5. The molecule has 3 nitrogen and oxygen atoms in total. The van der Waals surface area contributed by atoms with Crippen LogP contribution in [-0.2, 0) is 17.8 Å². The molecule has 2 N–H and O–H groups in total. The summed E-state index contributed by atoms with van der Waals surface area (Å²) in [5.74, 6) is 0.580. The molecular weight excluding hydrogens is 256 g/mol. The van der Waals surface area contributed by atoms with Gasteiger partial charge in [0.1, 0.15) is 0 Å². The number of carbonyl (C=O) groups is 1. The lowest BCUT2D eigenvalue weighted by Gasteiger charge is -2.31. The van der Waals surface area contributed by atoms with Crippen LogP contribution in [0.15, 0.2) is 12.1 Å². The van der Waals surface area contributed by atoms with E-state index in [9.17, 15) is 4.79 Å². The van der Waals surface area contributed by atoms with Crippen LogP contribution in [-0.4, -0.2) is 19.0 Å². The van der Waals surface area contributed by atoms with Crippen molar-refractivity contribution in [3.63, 3.8) is 0 Å². The molecule has 1 fully saturated rings. The summed E-state index contributed by atoms with van der Waals surface area (Å²) in [5, 5.41) is 6.46. The largest absolute Gasteiger partial charge is 0.351 e. The van der Waals surface area contributed by atoms with E-state index in [4.69, 9.17) is 0 Å². The van der Waals surface area contributed by atoms with E-state index in [0.717, 1.165) is 25.9 Å². The molecule has 0 radical (unpaired) electrons. The Kier molecular flexibility index (Phi) is 4.63. The number of aryl methyl sites for hydroxylation is 1. The monoisotopic (exact) mass is 280 g/mol. The van der Waals surface area contributed by atoms with Crippen molar-refractivity contribution < 1.29 is 4.79 Å². The molecule has 2 rings (SSSR count). The molecule has 2 heterocycles. The Bertz CT molecular complexity index is 433. The molecule has 1 aliphatic heterocycles. The van der Waals surface area contributed by atoms with Crippen molar-refractivity contribution in [1.82, 2.24) is 10.6 Å². The van der Waals surface area contributed by atoms with Crippen molar-refractivity contribution in [2.45, 2.75) is 40.2 Å². The summed E-state index contributed by atoms with van der Waals surface area (Å²) >= 11 is 1.79. The van der Waals surface area contributed by atoms with Gasteiger partial charge in [-0.2, -0.15) is 0 Å². The van der Waals surface area contributed by atoms with E-state index < -0.39 is 0 Å². The Labute approximate surface area is 119 Å². The Hall–Kier alpha value is -0.870. The number of rotatable bonds is 5. The topological polar surface area (TPSA) is 41.1 Å². The Balaban J connectivity index is 1.96. The summed E-state index contributed by atoms with van der Waals surface area (Å²) < 4.78 is 0. The van der Waals surface area contributed by atoms with E-state index in [2.05, 4.69) is 43.5 Å². The summed E-state index contributed by atoms with van der Waals surface area (Å²) in [6, 6.07) is 4.28. The van der Waals surface area contributed by atoms with Crippen LogP contribution in [0.2, 0.25) is 0 Å². The Morgan fingerprint density at radius 1 is 1.47 bits per heavy atom. The van der Waals surface area contributed by atoms with Crippen molar-refractivity contribution in [3.8, 4) is 0 Å². The molecule has 1 aliphatic rings. The minimum Gasteiger partial charge on any atom is -0.351 e. The number of hydrogen-bond donors (Lipinski definition) is 2. The number of nitrogens with one attached hydrogen (secondary N) is 2. The average molecular weight is 280 g/mol. The quantitative estimate of drug-likeness (QED) is 0.870. The first-order chi connectivity index (χ1) is 9.08. The fraction of sp³-hybridized carbons (Fsp3) is 0.667. The molecule has 0 aromatic carbocycles. The van der Waals surface area contributed by atoms with Gasteiger partial charge in [0.2, 0.25) is 5.91 Å². The average Bonchev–Trinajstić information content (AvgIpc) is 3.05. The maximum absolute atomic E-state index is 12.5. The van der Waals surface area contributed by atoms with Gasteiger partial charge >= 0.3 is 0 Å². The standard InChI is InChI=1S/C15H24N2OS/c1-4-12-5-6-13(19-12)9-17-14(18)15(11(2)3)7-8-16-10-15/h5-6,11,16H,4,7-10H2,1-3H3,(H,17,18). The van der Waals surface area contributed by atoms with Gasteiger partial charge in [0, 0.05) is 16.3 Å². The molecule has 1 aromatic heterocycles. The van der Waals surface area contributed by atoms with Crippen LogP contribution < -0.4 is 10.6 Å². The summed E-state index contributed by atoms with van der Waals surface area (Å²) in [6.07, 6.45) is 2.01. The van der Waals surface area contributed by atoms with Crippen molar-refractivity contribution in [2.24, 2.45) is 11.3 Å². The van der Waals surface area contributed by atoms with E-state index in [1.807, 2.05) is 0 Å². The number of thiophene rings is 1. The number of carbonyl (C=O) groups excluding carboxylic acids is 1. The summed E-state index contributed by atoms with van der Waals surface area (Å²) in [5.41, 5.74) is -0.217. The lowest BCUT2D eigenvalue weighted by Crippen LogP contribution is -2.45. The number of hydrogen-bond acceptors (Lipinski definition) is 3. The maximum Gasteiger partial charge on any atom is 0.228 e. The van der Waals surface area contributed by atoms with Gasteiger partial charge in [0.05, 0.1) is 12.0 Å². The molecule has 1 aromatic rings. The van der Waals surface area contributed by atoms with E-state index >= 15 is 0 Å². The fourth-order valence-electron chi connectivity index (χ4n) is 2.71. The molecular formula is C15H24N2OS. The van der Waals surface area contributed by atoms with Gasteiger partial charge in [-0.25, -0.2) is 0 Å². The third-order valence-corrected chi connectivity index (χ3v) is 5.46. The van der Waals surface area contributed by atoms with Crippen LogP contribution in [0.1, 0.15) is 36.9 Å². The van der Waals surface area contributed by atoms with Gasteiger partial charge in [-0.3, -0.25) is 4.79 Å². The van der Waals surface area contributed by atoms with Crippen LogP contribution in [0.25, 0.3) is 0 Å². The highest BCUT2D eigenvalue weighted by Crippen LogP contribution is 2.34. The minimum atomic E-state index is -0.217. The molecule has 1 amide bonds. The van der Waals surface area contributed by atoms with Crippen LogP contribution in [0.5, 0.6) is 0 Å². The first-order valence-electron chi connectivity index (χ1n) is 7.15.